The smallest absolute Gasteiger partial charge is 0.0837 e. The topological polar surface area (TPSA) is 32.7 Å². The van der Waals surface area contributed by atoms with Gasteiger partial charge in [0.2, 0.25) is 0 Å². The van der Waals surface area contributed by atoms with E-state index in [2.05, 4.69) is 50.8 Å². The van der Waals surface area contributed by atoms with Gasteiger partial charge in [-0.2, -0.15) is 0 Å². The number of nitrogens with zero attached hydrogens (tertiary/aromatic N) is 1. The fourth-order valence-corrected chi connectivity index (χ4v) is 4.10. The van der Waals surface area contributed by atoms with E-state index in [0.717, 1.165) is 31.4 Å². The molecule has 0 aromatic heterocycles. The molecular weight excluding hydrogens is 262 g/mol. The Morgan fingerprint density at radius 2 is 1.90 bits per heavy atom. The number of para-hydroxylation sites is 1. The predicted octanol–water partition coefficient (Wildman–Crippen LogP) is 3.67. The normalized spacial score (nSPS) is 30.8. The lowest BCUT2D eigenvalue weighted by molar-refractivity contribution is -0.0679. The van der Waals surface area contributed by atoms with Crippen molar-refractivity contribution in [3.63, 3.8) is 0 Å². The van der Waals surface area contributed by atoms with Gasteiger partial charge in [-0.05, 0) is 53.0 Å². The van der Waals surface area contributed by atoms with E-state index in [1.165, 1.54) is 5.69 Å². The zero-order valence-electron chi connectivity index (χ0n) is 13.6. The van der Waals surface area contributed by atoms with Crippen LogP contribution in [0.2, 0.25) is 0 Å². The number of hydrogen-bond donors (Lipinski definition) is 1. The molecule has 2 heterocycles. The quantitative estimate of drug-likeness (QED) is 0.856. The molecule has 3 heteroatoms. The van der Waals surface area contributed by atoms with Crippen LogP contribution in [-0.2, 0) is 4.74 Å². The van der Waals surface area contributed by atoms with Gasteiger partial charge in [-0.3, -0.25) is 0 Å². The summed E-state index contributed by atoms with van der Waals surface area (Å²) in [5, 5.41) is 10.4. The molecule has 1 N–H and O–H groups in total. The average Bonchev–Trinajstić information content (AvgIpc) is 2.53. The lowest BCUT2D eigenvalue weighted by atomic mass is 9.92. The molecule has 2 aliphatic rings. The molecule has 0 aliphatic carbocycles. The van der Waals surface area contributed by atoms with Gasteiger partial charge >= 0.3 is 0 Å². The molecule has 1 fully saturated rings. The van der Waals surface area contributed by atoms with Crippen LogP contribution in [0, 0.1) is 0 Å². The number of hydrogen-bond acceptors (Lipinski definition) is 3. The van der Waals surface area contributed by atoms with E-state index in [-0.39, 0.29) is 17.3 Å². The van der Waals surface area contributed by atoms with Gasteiger partial charge in [0.05, 0.1) is 23.3 Å². The van der Waals surface area contributed by atoms with Crippen LogP contribution in [0.3, 0.4) is 0 Å². The van der Waals surface area contributed by atoms with Crippen LogP contribution < -0.4 is 4.90 Å². The van der Waals surface area contributed by atoms with Crippen LogP contribution >= 0.6 is 0 Å². The highest BCUT2D eigenvalue weighted by Crippen LogP contribution is 2.44. The Morgan fingerprint density at radius 3 is 2.57 bits per heavy atom. The monoisotopic (exact) mass is 289 g/mol. The van der Waals surface area contributed by atoms with Gasteiger partial charge in [0.15, 0.2) is 0 Å². The fourth-order valence-electron chi connectivity index (χ4n) is 4.10. The highest BCUT2D eigenvalue weighted by molar-refractivity contribution is 5.57. The van der Waals surface area contributed by atoms with Crippen LogP contribution in [0.25, 0.3) is 0 Å². The Kier molecular flexibility index (Phi) is 3.53. The van der Waals surface area contributed by atoms with Crippen LogP contribution in [0.1, 0.15) is 58.6 Å². The third-order valence-corrected chi connectivity index (χ3v) is 4.88. The summed E-state index contributed by atoms with van der Waals surface area (Å²) in [5.74, 6) is 0. The van der Waals surface area contributed by atoms with Crippen molar-refractivity contribution in [1.29, 1.82) is 0 Å². The van der Waals surface area contributed by atoms with E-state index in [1.54, 1.807) is 0 Å². The van der Waals surface area contributed by atoms with Gasteiger partial charge in [0, 0.05) is 17.8 Å². The number of anilines is 1. The summed E-state index contributed by atoms with van der Waals surface area (Å²) in [6.45, 7) is 9.72. The maximum atomic E-state index is 10.4. The molecular formula is C18H27NO2. The van der Waals surface area contributed by atoms with E-state index >= 15 is 0 Å². The Morgan fingerprint density at radius 1 is 1.19 bits per heavy atom. The Hall–Kier alpha value is -1.06. The highest BCUT2D eigenvalue weighted by atomic mass is 16.5. The van der Waals surface area contributed by atoms with Gasteiger partial charge in [0.1, 0.15) is 0 Å². The second kappa shape index (κ2) is 4.99. The molecule has 3 nitrogen and oxygen atoms in total. The van der Waals surface area contributed by atoms with Gasteiger partial charge in [0.25, 0.3) is 0 Å². The molecule has 1 saturated heterocycles. The van der Waals surface area contributed by atoms with E-state index in [4.69, 9.17) is 4.74 Å². The minimum absolute atomic E-state index is 0.0893. The average molecular weight is 289 g/mol. The summed E-state index contributed by atoms with van der Waals surface area (Å²) in [5.41, 5.74) is 1.98. The second-order valence-corrected chi connectivity index (χ2v) is 7.60. The molecule has 0 saturated carbocycles. The van der Waals surface area contributed by atoms with Crippen molar-refractivity contribution in [3.05, 3.63) is 29.8 Å². The van der Waals surface area contributed by atoms with Crippen molar-refractivity contribution < 1.29 is 9.84 Å². The van der Waals surface area contributed by atoms with E-state index in [0.29, 0.717) is 6.04 Å². The third-order valence-electron chi connectivity index (χ3n) is 4.88. The Balaban J connectivity index is 2.00. The van der Waals surface area contributed by atoms with Crippen LogP contribution in [-0.4, -0.2) is 28.9 Å². The zero-order chi connectivity index (χ0) is 15.3. The first kappa shape index (κ1) is 14.9. The summed E-state index contributed by atoms with van der Waals surface area (Å²) in [7, 11) is 0. The molecule has 0 radical (unpaired) electrons. The van der Waals surface area contributed by atoms with Crippen molar-refractivity contribution in [1.82, 2.24) is 0 Å². The number of aliphatic hydroxyl groups is 1. The van der Waals surface area contributed by atoms with Crippen LogP contribution in [0.15, 0.2) is 24.3 Å². The van der Waals surface area contributed by atoms with E-state index < -0.39 is 0 Å². The molecule has 21 heavy (non-hydrogen) atoms. The van der Waals surface area contributed by atoms with Crippen molar-refractivity contribution in [3.8, 4) is 0 Å². The summed E-state index contributed by atoms with van der Waals surface area (Å²) >= 11 is 0. The fraction of sp³-hybridized carbons (Fsp3) is 0.667. The predicted molar refractivity (Wildman–Crippen MR) is 85.6 cm³/mol. The van der Waals surface area contributed by atoms with Gasteiger partial charge in [-0.15, -0.1) is 0 Å². The van der Waals surface area contributed by atoms with Crippen molar-refractivity contribution >= 4 is 5.69 Å². The molecule has 2 atom stereocenters. The Labute approximate surface area is 127 Å². The number of rotatable bonds is 1. The summed E-state index contributed by atoms with van der Waals surface area (Å²) in [6.07, 6.45) is 2.53. The van der Waals surface area contributed by atoms with Crippen molar-refractivity contribution in [2.75, 3.05) is 11.4 Å². The minimum atomic E-state index is -0.343. The lowest BCUT2D eigenvalue weighted by Gasteiger charge is -2.38. The highest BCUT2D eigenvalue weighted by Gasteiger charge is 2.49. The van der Waals surface area contributed by atoms with Crippen molar-refractivity contribution in [2.24, 2.45) is 0 Å². The standard InChI is InChI=1S/C18H27NO2/c1-17(2)12-16(18(3,4)21-17)19-11-7-10-15(20)13-8-5-6-9-14(13)19/h5-6,8-9,15-16,20H,7,10-12H2,1-4H3. The number of ether oxygens (including phenoxy) is 1. The minimum Gasteiger partial charge on any atom is -0.388 e. The molecule has 0 amide bonds. The lowest BCUT2D eigenvalue weighted by Crippen LogP contribution is -2.47. The number of fused-ring (bicyclic) bond motifs is 1. The largest absolute Gasteiger partial charge is 0.388 e. The van der Waals surface area contributed by atoms with Gasteiger partial charge < -0.3 is 14.7 Å². The van der Waals surface area contributed by atoms with Crippen LogP contribution in [0.4, 0.5) is 5.69 Å². The molecule has 1 aromatic rings. The molecule has 2 aliphatic heterocycles. The van der Waals surface area contributed by atoms with Gasteiger partial charge in [-0.25, -0.2) is 0 Å². The SMILES string of the molecule is CC1(C)CC(N2CCCC(O)c3ccccc32)C(C)(C)O1. The summed E-state index contributed by atoms with van der Waals surface area (Å²) < 4.78 is 6.28. The molecule has 2 unspecified atom stereocenters. The first-order chi connectivity index (χ1) is 9.80. The Bertz CT molecular complexity index is 524. The maximum Gasteiger partial charge on any atom is 0.0837 e. The van der Waals surface area contributed by atoms with E-state index in [9.17, 15) is 5.11 Å². The van der Waals surface area contributed by atoms with Gasteiger partial charge in [-0.1, -0.05) is 18.2 Å². The first-order valence-corrected chi connectivity index (χ1v) is 8.04. The zero-order valence-corrected chi connectivity index (χ0v) is 13.6. The number of benzene rings is 1. The van der Waals surface area contributed by atoms with Crippen molar-refractivity contribution in [2.45, 2.75) is 70.3 Å². The molecule has 0 spiro atoms. The summed E-state index contributed by atoms with van der Waals surface area (Å²) in [4.78, 5) is 2.47. The summed E-state index contributed by atoms with van der Waals surface area (Å²) in [6, 6.07) is 8.64. The second-order valence-electron chi connectivity index (χ2n) is 7.60. The molecule has 116 valence electrons. The first-order valence-electron chi connectivity index (χ1n) is 8.04. The maximum absolute atomic E-state index is 10.4. The van der Waals surface area contributed by atoms with Crippen LogP contribution in [0.5, 0.6) is 0 Å². The number of aliphatic hydroxyl groups excluding tert-OH is 1. The molecule has 0 bridgehead atoms. The third kappa shape index (κ3) is 2.69. The van der Waals surface area contributed by atoms with E-state index in [1.807, 2.05) is 6.07 Å². The molecule has 1 aromatic carbocycles. The molecule has 3 rings (SSSR count).